The quantitative estimate of drug-likeness (QED) is 0.618. The van der Waals surface area contributed by atoms with Gasteiger partial charge in [0, 0.05) is 0 Å². The molecule has 1 rings (SSSR count). The van der Waals surface area contributed by atoms with Gasteiger partial charge in [-0.2, -0.15) is 0 Å². The molecule has 10 heavy (non-hydrogen) atoms. The highest BCUT2D eigenvalue weighted by Gasteiger charge is 2.04. The van der Waals surface area contributed by atoms with Crippen molar-refractivity contribution >= 4 is 11.6 Å². The molecule has 0 fully saturated rings. The van der Waals surface area contributed by atoms with Crippen LogP contribution in [0.4, 0.5) is 4.39 Å². The molecular formula is C7H6ClFO. The average molecular weight is 161 g/mol. The molecule has 1 N–H and O–H groups in total. The lowest BCUT2D eigenvalue weighted by atomic mass is 10.2. The SMILES string of the molecule is Cc1cc(F)c(O)c(Cl)c1. The van der Waals surface area contributed by atoms with Gasteiger partial charge in [0.1, 0.15) is 0 Å². The summed E-state index contributed by atoms with van der Waals surface area (Å²) in [4.78, 5) is 0. The van der Waals surface area contributed by atoms with Crippen LogP contribution < -0.4 is 0 Å². The van der Waals surface area contributed by atoms with Crippen molar-refractivity contribution in [3.05, 3.63) is 28.5 Å². The molecule has 0 heterocycles. The largest absolute Gasteiger partial charge is 0.504 e. The second kappa shape index (κ2) is 2.46. The third-order valence-electron chi connectivity index (χ3n) is 1.16. The lowest BCUT2D eigenvalue weighted by Crippen LogP contribution is -1.79. The third kappa shape index (κ3) is 1.21. The van der Waals surface area contributed by atoms with E-state index in [2.05, 4.69) is 0 Å². The molecule has 0 spiro atoms. The second-order valence-corrected chi connectivity index (χ2v) is 2.48. The molecule has 0 aliphatic rings. The van der Waals surface area contributed by atoms with Crippen LogP contribution in [0, 0.1) is 12.7 Å². The Morgan fingerprint density at radius 2 is 2.10 bits per heavy atom. The highest BCUT2D eigenvalue weighted by molar-refractivity contribution is 6.32. The van der Waals surface area contributed by atoms with Gasteiger partial charge in [0.25, 0.3) is 0 Å². The minimum Gasteiger partial charge on any atom is -0.504 e. The van der Waals surface area contributed by atoms with Gasteiger partial charge >= 0.3 is 0 Å². The van der Waals surface area contributed by atoms with Crippen molar-refractivity contribution < 1.29 is 9.50 Å². The number of phenolic OH excluding ortho intramolecular Hbond substituents is 1. The van der Waals surface area contributed by atoms with Crippen LogP contribution in [-0.4, -0.2) is 5.11 Å². The van der Waals surface area contributed by atoms with Crippen LogP contribution in [-0.2, 0) is 0 Å². The number of rotatable bonds is 0. The summed E-state index contributed by atoms with van der Waals surface area (Å²) >= 11 is 5.43. The Hall–Kier alpha value is -0.760. The first-order valence-electron chi connectivity index (χ1n) is 2.76. The van der Waals surface area contributed by atoms with E-state index in [1.54, 1.807) is 6.92 Å². The summed E-state index contributed by atoms with van der Waals surface area (Å²) in [6.45, 7) is 1.70. The summed E-state index contributed by atoms with van der Waals surface area (Å²) in [6.07, 6.45) is 0. The maximum Gasteiger partial charge on any atom is 0.170 e. The van der Waals surface area contributed by atoms with Gasteiger partial charge in [-0.1, -0.05) is 11.6 Å². The number of hydrogen-bond acceptors (Lipinski definition) is 1. The maximum atomic E-state index is 12.5. The van der Waals surface area contributed by atoms with Crippen molar-refractivity contribution in [2.45, 2.75) is 6.92 Å². The van der Waals surface area contributed by atoms with E-state index in [4.69, 9.17) is 16.7 Å². The van der Waals surface area contributed by atoms with E-state index in [1.807, 2.05) is 0 Å². The van der Waals surface area contributed by atoms with Crippen molar-refractivity contribution in [2.75, 3.05) is 0 Å². The van der Waals surface area contributed by atoms with E-state index in [0.717, 1.165) is 0 Å². The molecule has 0 bridgehead atoms. The summed E-state index contributed by atoms with van der Waals surface area (Å²) in [5.41, 5.74) is 0.695. The number of phenols is 1. The average Bonchev–Trinajstić information content (AvgIpc) is 1.82. The molecule has 1 nitrogen and oxygen atoms in total. The molecule has 0 aliphatic heterocycles. The Labute approximate surface area is 63.1 Å². The monoisotopic (exact) mass is 160 g/mol. The fraction of sp³-hybridized carbons (Fsp3) is 0.143. The fourth-order valence-electron chi connectivity index (χ4n) is 0.692. The van der Waals surface area contributed by atoms with E-state index in [-0.39, 0.29) is 5.02 Å². The first-order valence-corrected chi connectivity index (χ1v) is 3.13. The Balaban J connectivity index is 3.31. The predicted octanol–water partition coefficient (Wildman–Crippen LogP) is 2.49. The topological polar surface area (TPSA) is 20.2 Å². The van der Waals surface area contributed by atoms with Crippen LogP contribution in [0.3, 0.4) is 0 Å². The van der Waals surface area contributed by atoms with Gasteiger partial charge in [-0.25, -0.2) is 4.39 Å². The van der Waals surface area contributed by atoms with Crippen molar-refractivity contribution in [2.24, 2.45) is 0 Å². The van der Waals surface area contributed by atoms with Gasteiger partial charge in [-0.15, -0.1) is 0 Å². The zero-order chi connectivity index (χ0) is 7.72. The lowest BCUT2D eigenvalue weighted by Gasteiger charge is -1.98. The molecule has 0 aliphatic carbocycles. The Morgan fingerprint density at radius 1 is 1.50 bits per heavy atom. The predicted molar refractivity (Wildman–Crippen MR) is 37.8 cm³/mol. The highest BCUT2D eigenvalue weighted by Crippen LogP contribution is 2.26. The summed E-state index contributed by atoms with van der Waals surface area (Å²) < 4.78 is 12.5. The second-order valence-electron chi connectivity index (χ2n) is 2.08. The molecule has 0 amide bonds. The van der Waals surface area contributed by atoms with Gasteiger partial charge < -0.3 is 5.11 Å². The minimum absolute atomic E-state index is 0.0532. The Morgan fingerprint density at radius 3 is 2.60 bits per heavy atom. The van der Waals surface area contributed by atoms with E-state index in [1.165, 1.54) is 12.1 Å². The normalized spacial score (nSPS) is 9.90. The van der Waals surface area contributed by atoms with Gasteiger partial charge in [0.15, 0.2) is 11.6 Å². The summed E-state index contributed by atoms with van der Waals surface area (Å²) in [5.74, 6) is -1.16. The van der Waals surface area contributed by atoms with Crippen LogP contribution >= 0.6 is 11.6 Å². The van der Waals surface area contributed by atoms with E-state index >= 15 is 0 Å². The molecule has 0 saturated heterocycles. The van der Waals surface area contributed by atoms with Gasteiger partial charge in [0.2, 0.25) is 0 Å². The van der Waals surface area contributed by atoms with Crippen molar-refractivity contribution in [1.82, 2.24) is 0 Å². The Bertz CT molecular complexity index is 237. The maximum absolute atomic E-state index is 12.5. The van der Waals surface area contributed by atoms with Crippen LogP contribution in [0.25, 0.3) is 0 Å². The number of aromatic hydroxyl groups is 1. The number of aryl methyl sites for hydroxylation is 1. The van der Waals surface area contributed by atoms with Gasteiger partial charge in [-0.05, 0) is 24.6 Å². The third-order valence-corrected chi connectivity index (χ3v) is 1.45. The highest BCUT2D eigenvalue weighted by atomic mass is 35.5. The first kappa shape index (κ1) is 7.35. The van der Waals surface area contributed by atoms with Crippen LogP contribution in [0.15, 0.2) is 12.1 Å². The van der Waals surface area contributed by atoms with E-state index < -0.39 is 11.6 Å². The van der Waals surface area contributed by atoms with Crippen molar-refractivity contribution in [1.29, 1.82) is 0 Å². The smallest absolute Gasteiger partial charge is 0.170 e. The molecular weight excluding hydrogens is 155 g/mol. The molecule has 0 saturated carbocycles. The summed E-state index contributed by atoms with van der Waals surface area (Å²) in [5, 5.41) is 8.88. The summed E-state index contributed by atoms with van der Waals surface area (Å²) in [6, 6.07) is 2.72. The minimum atomic E-state index is -0.676. The molecule has 1 aromatic carbocycles. The fourth-order valence-corrected chi connectivity index (χ4v) is 0.955. The van der Waals surface area contributed by atoms with Gasteiger partial charge in [-0.3, -0.25) is 0 Å². The zero-order valence-electron chi connectivity index (χ0n) is 5.36. The molecule has 3 heteroatoms. The van der Waals surface area contributed by atoms with Crippen LogP contribution in [0.1, 0.15) is 5.56 Å². The number of hydrogen-bond donors (Lipinski definition) is 1. The first-order chi connectivity index (χ1) is 4.61. The number of halogens is 2. The van der Waals surface area contributed by atoms with Crippen molar-refractivity contribution in [3.63, 3.8) is 0 Å². The number of benzene rings is 1. The molecule has 0 radical (unpaired) electrons. The molecule has 1 aromatic rings. The molecule has 0 atom stereocenters. The molecule has 0 unspecified atom stereocenters. The zero-order valence-corrected chi connectivity index (χ0v) is 6.11. The summed E-state index contributed by atoms with van der Waals surface area (Å²) in [7, 11) is 0. The van der Waals surface area contributed by atoms with Crippen LogP contribution in [0.5, 0.6) is 5.75 Å². The van der Waals surface area contributed by atoms with Crippen molar-refractivity contribution in [3.8, 4) is 5.75 Å². The van der Waals surface area contributed by atoms with Crippen LogP contribution in [0.2, 0.25) is 5.02 Å². The lowest BCUT2D eigenvalue weighted by molar-refractivity contribution is 0.432. The van der Waals surface area contributed by atoms with Gasteiger partial charge in [0.05, 0.1) is 5.02 Å². The molecule has 0 aromatic heterocycles. The Kier molecular flexibility index (Phi) is 1.81. The van der Waals surface area contributed by atoms with E-state index in [9.17, 15) is 4.39 Å². The van der Waals surface area contributed by atoms with E-state index in [0.29, 0.717) is 5.56 Å². The standard InChI is InChI=1S/C7H6ClFO/c1-4-2-5(8)7(10)6(9)3-4/h2-3,10H,1H3. The molecule has 54 valence electrons.